The van der Waals surface area contributed by atoms with Crippen molar-refractivity contribution in [3.63, 3.8) is 0 Å². The van der Waals surface area contributed by atoms with Gasteiger partial charge in [-0.2, -0.15) is 0 Å². The van der Waals surface area contributed by atoms with Crippen LogP contribution in [0.4, 0.5) is 0 Å². The lowest BCUT2D eigenvalue weighted by Gasteiger charge is -2.35. The molecule has 0 aromatic heterocycles. The molecule has 316 valence electrons. The summed E-state index contributed by atoms with van der Waals surface area (Å²) >= 11 is 0. The third-order valence-corrected chi connectivity index (χ3v) is 16.2. The maximum Gasteiger partial charge on any atom is 0.0719 e. The molecular formula is C69H40. The molecule has 0 amide bonds. The highest BCUT2D eigenvalue weighted by Gasteiger charge is 2.47. The second kappa shape index (κ2) is 13.6. The lowest BCUT2D eigenvalue weighted by molar-refractivity contribution is 0.777. The van der Waals surface area contributed by atoms with Gasteiger partial charge in [0.05, 0.1) is 5.41 Å². The summed E-state index contributed by atoms with van der Waals surface area (Å²) in [5.41, 5.74) is 12.1. The van der Waals surface area contributed by atoms with Crippen LogP contribution >= 0.6 is 0 Å². The van der Waals surface area contributed by atoms with E-state index in [0.29, 0.717) is 0 Å². The van der Waals surface area contributed by atoms with Crippen LogP contribution in [0.3, 0.4) is 0 Å². The molecule has 1 aliphatic carbocycles. The number of rotatable bonds is 4. The van der Waals surface area contributed by atoms with E-state index in [1.165, 1.54) is 153 Å². The molecule has 0 heteroatoms. The SMILES string of the molecule is c1ccc(C2(c3cccc4ccccc34)c3cc(-c4ccc5c6cccc7cccc(c8cccc4c85)c76)ccc3-c3ccc(-c4ccc5c6cccc7cccc(c8cccc4c85)c76)cc32)cc1. The number of benzene rings is 15. The number of fused-ring (bicyclic) bond motifs is 8. The Balaban J connectivity index is 0.988. The fraction of sp³-hybridized carbons (Fsp3) is 0.0145. The van der Waals surface area contributed by atoms with E-state index in [1.807, 2.05) is 0 Å². The molecule has 0 heterocycles. The Morgan fingerprint density at radius 3 is 1.09 bits per heavy atom. The molecule has 15 aromatic rings. The van der Waals surface area contributed by atoms with Crippen LogP contribution in [0.5, 0.6) is 0 Å². The zero-order chi connectivity index (χ0) is 45.0. The summed E-state index contributed by atoms with van der Waals surface area (Å²) in [6.45, 7) is 0. The van der Waals surface area contributed by atoms with Crippen molar-refractivity contribution in [1.29, 1.82) is 0 Å². The summed E-state index contributed by atoms with van der Waals surface area (Å²) in [5.74, 6) is 0. The lowest BCUT2D eigenvalue weighted by atomic mass is 9.66. The summed E-state index contributed by atoms with van der Waals surface area (Å²) < 4.78 is 0. The third-order valence-electron chi connectivity index (χ3n) is 16.2. The van der Waals surface area contributed by atoms with Crippen molar-refractivity contribution < 1.29 is 0 Å². The molecule has 0 nitrogen and oxygen atoms in total. The monoisotopic (exact) mass is 868 g/mol. The minimum absolute atomic E-state index is 0.638. The topological polar surface area (TPSA) is 0 Å². The second-order valence-electron chi connectivity index (χ2n) is 19.4. The predicted octanol–water partition coefficient (Wildman–Crippen LogP) is 18.6. The highest BCUT2D eigenvalue weighted by atomic mass is 14.5. The Morgan fingerprint density at radius 1 is 0.203 bits per heavy atom. The van der Waals surface area contributed by atoms with Crippen molar-refractivity contribution >= 4 is 97.0 Å². The molecular weight excluding hydrogens is 829 g/mol. The van der Waals surface area contributed by atoms with E-state index in [2.05, 4.69) is 243 Å². The zero-order valence-corrected chi connectivity index (χ0v) is 37.6. The van der Waals surface area contributed by atoms with Gasteiger partial charge in [-0.15, -0.1) is 0 Å². The Bertz CT molecular complexity index is 4310. The van der Waals surface area contributed by atoms with E-state index in [1.54, 1.807) is 0 Å². The normalized spacial score (nSPS) is 13.3. The van der Waals surface area contributed by atoms with Gasteiger partial charge < -0.3 is 0 Å². The molecule has 0 spiro atoms. The fourth-order valence-corrected chi connectivity index (χ4v) is 13.5. The molecule has 0 bridgehead atoms. The molecule has 15 aromatic carbocycles. The van der Waals surface area contributed by atoms with Crippen LogP contribution in [0.15, 0.2) is 243 Å². The summed E-state index contributed by atoms with van der Waals surface area (Å²) in [6.07, 6.45) is 0. The van der Waals surface area contributed by atoms with Crippen LogP contribution in [0.1, 0.15) is 22.3 Å². The van der Waals surface area contributed by atoms with Gasteiger partial charge in [-0.05, 0) is 165 Å². The smallest absolute Gasteiger partial charge is 0.0622 e. The summed E-state index contributed by atoms with van der Waals surface area (Å²) in [7, 11) is 0. The van der Waals surface area contributed by atoms with Gasteiger partial charge in [0.1, 0.15) is 0 Å². The van der Waals surface area contributed by atoms with Gasteiger partial charge in [0.25, 0.3) is 0 Å². The van der Waals surface area contributed by atoms with E-state index in [0.717, 1.165) is 0 Å². The van der Waals surface area contributed by atoms with Crippen molar-refractivity contribution in [3.05, 3.63) is 265 Å². The van der Waals surface area contributed by atoms with Gasteiger partial charge in [-0.1, -0.05) is 231 Å². The Hall–Kier alpha value is -8.84. The minimum atomic E-state index is -0.638. The maximum absolute atomic E-state index is 2.55. The minimum Gasteiger partial charge on any atom is -0.0622 e. The summed E-state index contributed by atoms with van der Waals surface area (Å²) in [6, 6.07) is 92.3. The van der Waals surface area contributed by atoms with E-state index < -0.39 is 5.41 Å². The molecule has 69 heavy (non-hydrogen) atoms. The van der Waals surface area contributed by atoms with Crippen LogP contribution in [-0.4, -0.2) is 0 Å². The molecule has 0 N–H and O–H groups in total. The van der Waals surface area contributed by atoms with E-state index in [-0.39, 0.29) is 0 Å². The first-order valence-electron chi connectivity index (χ1n) is 24.2. The highest BCUT2D eigenvalue weighted by molar-refractivity contribution is 6.35. The average Bonchev–Trinajstić information content (AvgIpc) is 3.71. The molecule has 16 rings (SSSR count). The van der Waals surface area contributed by atoms with Gasteiger partial charge in [0.2, 0.25) is 0 Å². The van der Waals surface area contributed by atoms with Crippen LogP contribution in [0.25, 0.3) is 130 Å². The van der Waals surface area contributed by atoms with E-state index >= 15 is 0 Å². The van der Waals surface area contributed by atoms with E-state index in [4.69, 9.17) is 0 Å². The predicted molar refractivity (Wildman–Crippen MR) is 295 cm³/mol. The standard InChI is InChI=1S/C69H40/c1-2-19-46(20-3-1)69(62-30-10-14-41-13-4-5-21-49(41)62)63-39-44(47-35-37-60-56-24-8-17-42-15-6-22-54(65(42)56)58-28-11-26-52(47)67(58)60)31-33-50(63)51-34-32-45(40-64(51)69)48-36-38-61-57-25-9-18-43-16-7-23-55(66(43)57)59-29-12-27-53(48)68(59)61/h1-40H. The Morgan fingerprint density at radius 2 is 0.565 bits per heavy atom. The first-order valence-corrected chi connectivity index (χ1v) is 24.2. The van der Waals surface area contributed by atoms with Gasteiger partial charge in [-0.25, -0.2) is 0 Å². The highest BCUT2D eigenvalue weighted by Crippen LogP contribution is 2.59. The molecule has 0 aliphatic heterocycles. The van der Waals surface area contributed by atoms with Crippen molar-refractivity contribution in [2.24, 2.45) is 0 Å². The van der Waals surface area contributed by atoms with Crippen molar-refractivity contribution in [1.82, 2.24) is 0 Å². The van der Waals surface area contributed by atoms with Crippen molar-refractivity contribution in [2.75, 3.05) is 0 Å². The fourth-order valence-electron chi connectivity index (χ4n) is 13.5. The molecule has 0 atom stereocenters. The first kappa shape index (κ1) is 37.3. The zero-order valence-electron chi connectivity index (χ0n) is 37.6. The van der Waals surface area contributed by atoms with Gasteiger partial charge >= 0.3 is 0 Å². The average molecular weight is 869 g/mol. The van der Waals surface area contributed by atoms with Crippen molar-refractivity contribution in [3.8, 4) is 33.4 Å². The van der Waals surface area contributed by atoms with Crippen LogP contribution < -0.4 is 0 Å². The first-order chi connectivity index (χ1) is 34.2. The van der Waals surface area contributed by atoms with Crippen LogP contribution in [-0.2, 0) is 5.41 Å². The quantitative estimate of drug-likeness (QED) is 0.122. The molecule has 0 radical (unpaired) electrons. The Labute approximate surface area is 398 Å². The third kappa shape index (κ3) is 4.82. The van der Waals surface area contributed by atoms with E-state index in [9.17, 15) is 0 Å². The summed E-state index contributed by atoms with van der Waals surface area (Å²) in [4.78, 5) is 0. The molecule has 0 unspecified atom stereocenters. The maximum atomic E-state index is 2.55. The molecule has 0 saturated carbocycles. The van der Waals surface area contributed by atoms with Crippen LogP contribution in [0, 0.1) is 0 Å². The van der Waals surface area contributed by atoms with Gasteiger partial charge in [0, 0.05) is 0 Å². The van der Waals surface area contributed by atoms with Crippen molar-refractivity contribution in [2.45, 2.75) is 5.41 Å². The van der Waals surface area contributed by atoms with Gasteiger partial charge in [0.15, 0.2) is 0 Å². The van der Waals surface area contributed by atoms with Crippen LogP contribution in [0.2, 0.25) is 0 Å². The number of hydrogen-bond donors (Lipinski definition) is 0. The molecule has 0 saturated heterocycles. The van der Waals surface area contributed by atoms with Gasteiger partial charge in [-0.3, -0.25) is 0 Å². The largest absolute Gasteiger partial charge is 0.0719 e. The Kier molecular flexibility index (Phi) is 7.36. The lowest BCUT2D eigenvalue weighted by Crippen LogP contribution is -2.29. The second-order valence-corrected chi connectivity index (χ2v) is 19.4. The molecule has 0 fully saturated rings. The molecule has 1 aliphatic rings. The number of hydrogen-bond acceptors (Lipinski definition) is 0. The summed E-state index contributed by atoms with van der Waals surface area (Å²) in [5, 5.41) is 23.5.